The molecule has 3 heterocycles. The predicted octanol–water partition coefficient (Wildman–Crippen LogP) is 3.51. The third-order valence-corrected chi connectivity index (χ3v) is 6.24. The number of carbonyl (C=O) groups excluding carboxylic acids is 1. The van der Waals surface area contributed by atoms with E-state index in [4.69, 9.17) is 0 Å². The van der Waals surface area contributed by atoms with Crippen molar-refractivity contribution in [2.75, 3.05) is 19.6 Å². The summed E-state index contributed by atoms with van der Waals surface area (Å²) in [5.41, 5.74) is 3.19. The van der Waals surface area contributed by atoms with Crippen molar-refractivity contribution < 1.29 is 4.79 Å². The highest BCUT2D eigenvalue weighted by atomic mass is 32.1. The number of benzene rings is 1. The fourth-order valence-electron chi connectivity index (χ4n) is 3.76. The molecule has 1 N–H and O–H groups in total. The van der Waals surface area contributed by atoms with Gasteiger partial charge in [0, 0.05) is 11.4 Å². The van der Waals surface area contributed by atoms with Gasteiger partial charge in [0.15, 0.2) is 5.69 Å². The van der Waals surface area contributed by atoms with E-state index >= 15 is 0 Å². The van der Waals surface area contributed by atoms with Crippen molar-refractivity contribution in [1.82, 2.24) is 25.2 Å². The van der Waals surface area contributed by atoms with Crippen molar-refractivity contribution in [3.05, 3.63) is 63.6 Å². The molecule has 1 aromatic carbocycles. The topological polar surface area (TPSA) is 63.1 Å². The highest BCUT2D eigenvalue weighted by Gasteiger charge is 2.26. The second-order valence-electron chi connectivity index (χ2n) is 7.26. The summed E-state index contributed by atoms with van der Waals surface area (Å²) >= 11 is 1.75. The predicted molar refractivity (Wildman–Crippen MR) is 111 cm³/mol. The van der Waals surface area contributed by atoms with Crippen LogP contribution in [0.1, 0.15) is 45.5 Å². The number of rotatable bonds is 6. The molecule has 3 aromatic rings. The highest BCUT2D eigenvalue weighted by molar-refractivity contribution is 7.10. The first-order chi connectivity index (χ1) is 13.6. The van der Waals surface area contributed by atoms with Crippen LogP contribution in [0.5, 0.6) is 0 Å². The summed E-state index contributed by atoms with van der Waals surface area (Å²) in [6.07, 6.45) is 2.44. The normalized spacial score (nSPS) is 15.6. The number of aryl methyl sites for hydroxylation is 1. The molecule has 146 valence electrons. The minimum atomic E-state index is -0.169. The van der Waals surface area contributed by atoms with E-state index in [2.05, 4.69) is 38.0 Å². The number of carbonyl (C=O) groups is 1. The number of nitrogens with zero attached hydrogens (tertiary/aromatic N) is 4. The van der Waals surface area contributed by atoms with Gasteiger partial charge in [0.2, 0.25) is 0 Å². The second-order valence-corrected chi connectivity index (χ2v) is 8.24. The molecular weight excluding hydrogens is 370 g/mol. The minimum absolute atomic E-state index is 0.169. The molecule has 0 aliphatic carbocycles. The number of likely N-dealkylation sites (tertiary alicyclic amines) is 1. The summed E-state index contributed by atoms with van der Waals surface area (Å²) in [5, 5.41) is 13.5. The number of aromatic nitrogens is 3. The van der Waals surface area contributed by atoms with Crippen LogP contribution in [0.2, 0.25) is 0 Å². The van der Waals surface area contributed by atoms with Crippen molar-refractivity contribution in [2.24, 2.45) is 0 Å². The second kappa shape index (κ2) is 8.24. The van der Waals surface area contributed by atoms with Crippen LogP contribution in [0.3, 0.4) is 0 Å². The zero-order chi connectivity index (χ0) is 19.5. The van der Waals surface area contributed by atoms with E-state index in [0.29, 0.717) is 12.2 Å². The van der Waals surface area contributed by atoms with E-state index in [1.54, 1.807) is 16.0 Å². The van der Waals surface area contributed by atoms with Crippen molar-refractivity contribution in [1.29, 1.82) is 0 Å². The van der Waals surface area contributed by atoms with Gasteiger partial charge in [-0.25, -0.2) is 4.68 Å². The zero-order valence-corrected chi connectivity index (χ0v) is 17.1. The third-order valence-electron chi connectivity index (χ3n) is 5.26. The lowest BCUT2D eigenvalue weighted by atomic mass is 10.2. The Kier molecular flexibility index (Phi) is 5.54. The molecule has 1 saturated heterocycles. The number of hydrogen-bond donors (Lipinski definition) is 1. The molecule has 0 bridgehead atoms. The van der Waals surface area contributed by atoms with Crippen LogP contribution < -0.4 is 5.32 Å². The highest BCUT2D eigenvalue weighted by Crippen LogP contribution is 2.28. The Morgan fingerprint density at radius 1 is 1.21 bits per heavy atom. The maximum atomic E-state index is 12.8. The first-order valence-corrected chi connectivity index (χ1v) is 10.6. The summed E-state index contributed by atoms with van der Waals surface area (Å²) in [6.45, 7) is 6.67. The van der Waals surface area contributed by atoms with Crippen molar-refractivity contribution in [3.63, 3.8) is 0 Å². The summed E-state index contributed by atoms with van der Waals surface area (Å²) in [7, 11) is 0. The molecule has 1 atom stereocenters. The summed E-state index contributed by atoms with van der Waals surface area (Å²) in [5.74, 6) is -0.169. The van der Waals surface area contributed by atoms with Crippen LogP contribution in [0.15, 0.2) is 41.8 Å². The average molecular weight is 396 g/mol. The van der Waals surface area contributed by atoms with E-state index in [1.807, 2.05) is 38.1 Å². The van der Waals surface area contributed by atoms with Gasteiger partial charge < -0.3 is 5.32 Å². The number of amides is 1. The molecule has 4 rings (SSSR count). The molecule has 1 amide bonds. The molecule has 1 aliphatic heterocycles. The van der Waals surface area contributed by atoms with Crippen LogP contribution in [0, 0.1) is 13.8 Å². The quantitative estimate of drug-likeness (QED) is 0.694. The molecular formula is C21H25N5OS. The first kappa shape index (κ1) is 18.8. The molecule has 1 unspecified atom stereocenters. The minimum Gasteiger partial charge on any atom is -0.349 e. The van der Waals surface area contributed by atoms with E-state index in [0.717, 1.165) is 30.0 Å². The van der Waals surface area contributed by atoms with Gasteiger partial charge in [0.1, 0.15) is 0 Å². The Morgan fingerprint density at radius 3 is 2.75 bits per heavy atom. The Labute approximate surface area is 169 Å². The van der Waals surface area contributed by atoms with Gasteiger partial charge >= 0.3 is 0 Å². The van der Waals surface area contributed by atoms with Gasteiger partial charge in [-0.3, -0.25) is 9.69 Å². The molecule has 28 heavy (non-hydrogen) atoms. The van der Waals surface area contributed by atoms with Crippen LogP contribution in [-0.4, -0.2) is 45.4 Å². The molecule has 0 saturated carbocycles. The van der Waals surface area contributed by atoms with Gasteiger partial charge in [0.05, 0.1) is 17.4 Å². The van der Waals surface area contributed by atoms with Crippen LogP contribution >= 0.6 is 11.3 Å². The van der Waals surface area contributed by atoms with Crippen LogP contribution in [0.4, 0.5) is 0 Å². The molecule has 1 aliphatic rings. The standard InChI is InChI=1S/C21H25N5OS/c1-15-7-5-8-17(13-15)26-16(2)20(23-24-26)21(27)22-14-18(19-9-6-12-28-19)25-10-3-4-11-25/h5-9,12-13,18H,3-4,10-11,14H2,1-2H3,(H,22,27). The van der Waals surface area contributed by atoms with E-state index in [-0.39, 0.29) is 11.9 Å². The number of thiophene rings is 1. The molecule has 1 fully saturated rings. The number of nitrogens with one attached hydrogen (secondary N) is 1. The Morgan fingerprint density at radius 2 is 2.04 bits per heavy atom. The Bertz CT molecular complexity index is 944. The maximum Gasteiger partial charge on any atom is 0.273 e. The molecule has 0 radical (unpaired) electrons. The van der Waals surface area contributed by atoms with Gasteiger partial charge in [-0.15, -0.1) is 16.4 Å². The summed E-state index contributed by atoms with van der Waals surface area (Å²) in [6, 6.07) is 12.5. The van der Waals surface area contributed by atoms with E-state index in [1.165, 1.54) is 17.7 Å². The lowest BCUT2D eigenvalue weighted by Gasteiger charge is -2.26. The van der Waals surface area contributed by atoms with E-state index < -0.39 is 0 Å². The Hall–Kier alpha value is -2.51. The SMILES string of the molecule is Cc1cccc(-n2nnc(C(=O)NCC(c3cccs3)N3CCCC3)c2C)c1. The van der Waals surface area contributed by atoms with Gasteiger partial charge in [-0.2, -0.15) is 0 Å². The summed E-state index contributed by atoms with van der Waals surface area (Å²) in [4.78, 5) is 16.6. The molecule has 6 nitrogen and oxygen atoms in total. The lowest BCUT2D eigenvalue weighted by Crippen LogP contribution is -2.36. The van der Waals surface area contributed by atoms with Gasteiger partial charge in [0.25, 0.3) is 5.91 Å². The molecule has 2 aromatic heterocycles. The fourth-order valence-corrected chi connectivity index (χ4v) is 4.62. The third kappa shape index (κ3) is 3.86. The Balaban J connectivity index is 1.49. The van der Waals surface area contributed by atoms with E-state index in [9.17, 15) is 4.79 Å². The zero-order valence-electron chi connectivity index (χ0n) is 16.3. The van der Waals surface area contributed by atoms with Crippen LogP contribution in [-0.2, 0) is 0 Å². The van der Waals surface area contributed by atoms with Gasteiger partial charge in [-0.1, -0.05) is 23.4 Å². The van der Waals surface area contributed by atoms with Crippen molar-refractivity contribution in [2.45, 2.75) is 32.7 Å². The van der Waals surface area contributed by atoms with Crippen molar-refractivity contribution in [3.8, 4) is 5.69 Å². The molecule has 0 spiro atoms. The number of hydrogen-bond acceptors (Lipinski definition) is 5. The smallest absolute Gasteiger partial charge is 0.273 e. The monoisotopic (exact) mass is 395 g/mol. The first-order valence-electron chi connectivity index (χ1n) is 9.68. The maximum absolute atomic E-state index is 12.8. The fraction of sp³-hybridized carbons (Fsp3) is 0.381. The van der Waals surface area contributed by atoms with Crippen LogP contribution in [0.25, 0.3) is 5.69 Å². The summed E-state index contributed by atoms with van der Waals surface area (Å²) < 4.78 is 1.72. The average Bonchev–Trinajstić information content (AvgIpc) is 3.44. The van der Waals surface area contributed by atoms with Gasteiger partial charge in [-0.05, 0) is 68.9 Å². The lowest BCUT2D eigenvalue weighted by molar-refractivity contribution is 0.0932. The largest absolute Gasteiger partial charge is 0.349 e. The van der Waals surface area contributed by atoms with Crippen molar-refractivity contribution >= 4 is 17.2 Å². The molecule has 7 heteroatoms.